The van der Waals surface area contributed by atoms with E-state index in [0.717, 1.165) is 44.2 Å². The third-order valence-electron chi connectivity index (χ3n) is 7.07. The van der Waals surface area contributed by atoms with Gasteiger partial charge in [0, 0.05) is 50.5 Å². The summed E-state index contributed by atoms with van der Waals surface area (Å²) in [5.74, 6) is 1.59. The van der Waals surface area contributed by atoms with Gasteiger partial charge in [0.1, 0.15) is 11.5 Å². The molecule has 5 rings (SSSR count). The number of pyridine rings is 2. The fourth-order valence-corrected chi connectivity index (χ4v) is 4.77. The van der Waals surface area contributed by atoms with Crippen LogP contribution in [0.2, 0.25) is 0 Å². The second-order valence-corrected chi connectivity index (χ2v) is 9.77. The molecule has 7 nitrogen and oxygen atoms in total. The molecule has 2 fully saturated rings. The fraction of sp³-hybridized carbons (Fsp3) is 0.520. The van der Waals surface area contributed by atoms with Gasteiger partial charge in [0.05, 0.1) is 5.52 Å². The van der Waals surface area contributed by atoms with Crippen LogP contribution in [0.4, 0.5) is 19.0 Å². The van der Waals surface area contributed by atoms with Crippen LogP contribution in [-0.2, 0) is 13.2 Å². The Morgan fingerprint density at radius 2 is 1.75 bits per heavy atom. The highest BCUT2D eigenvalue weighted by Crippen LogP contribution is 2.34. The lowest BCUT2D eigenvalue weighted by atomic mass is 9.95. The van der Waals surface area contributed by atoms with Crippen LogP contribution in [0.15, 0.2) is 30.5 Å². The van der Waals surface area contributed by atoms with Crippen molar-refractivity contribution in [1.82, 2.24) is 24.6 Å². The number of fused-ring (bicyclic) bond motifs is 1. The SMILES string of the molecule is Cc1cc(C(=O)N(CC2CC2)CC2CCN(c3nccc4nc(C(F)(F)F)ccc34)CC2)nn1C.Cl. The lowest BCUT2D eigenvalue weighted by molar-refractivity contribution is -0.140. The molecule has 4 heterocycles. The van der Waals surface area contributed by atoms with Crippen LogP contribution >= 0.6 is 12.4 Å². The summed E-state index contributed by atoms with van der Waals surface area (Å²) in [4.78, 5) is 25.6. The highest BCUT2D eigenvalue weighted by atomic mass is 35.5. The molecule has 1 aliphatic carbocycles. The minimum Gasteiger partial charge on any atom is -0.356 e. The van der Waals surface area contributed by atoms with Gasteiger partial charge in [-0.2, -0.15) is 18.3 Å². The van der Waals surface area contributed by atoms with Crippen molar-refractivity contribution in [3.05, 3.63) is 47.5 Å². The van der Waals surface area contributed by atoms with Crippen molar-refractivity contribution >= 4 is 35.0 Å². The normalized spacial score (nSPS) is 16.8. The smallest absolute Gasteiger partial charge is 0.356 e. The molecule has 0 bridgehead atoms. The van der Waals surface area contributed by atoms with Crippen molar-refractivity contribution in [2.45, 2.75) is 38.8 Å². The van der Waals surface area contributed by atoms with E-state index < -0.39 is 11.9 Å². The summed E-state index contributed by atoms with van der Waals surface area (Å²) >= 11 is 0. The molecule has 1 amide bonds. The number of hydrogen-bond donors (Lipinski definition) is 0. The van der Waals surface area contributed by atoms with Gasteiger partial charge in [-0.3, -0.25) is 9.48 Å². The Bertz CT molecular complexity index is 1210. The quantitative estimate of drug-likeness (QED) is 0.461. The Morgan fingerprint density at radius 1 is 1.08 bits per heavy atom. The number of aromatic nitrogens is 4. The van der Waals surface area contributed by atoms with E-state index in [1.807, 2.05) is 24.9 Å². The summed E-state index contributed by atoms with van der Waals surface area (Å²) in [7, 11) is 1.84. The predicted octanol–water partition coefficient (Wildman–Crippen LogP) is 4.88. The second-order valence-electron chi connectivity index (χ2n) is 9.77. The monoisotopic (exact) mass is 522 g/mol. The first-order chi connectivity index (χ1) is 16.7. The Labute approximate surface area is 214 Å². The minimum atomic E-state index is -4.48. The van der Waals surface area contributed by atoms with E-state index in [2.05, 4.69) is 20.0 Å². The maximum atomic E-state index is 13.2. The molecule has 1 aliphatic heterocycles. The van der Waals surface area contributed by atoms with Gasteiger partial charge in [0.2, 0.25) is 0 Å². The molecule has 2 aliphatic rings. The number of carbonyl (C=O) groups is 1. The van der Waals surface area contributed by atoms with Crippen LogP contribution in [0.1, 0.15) is 47.6 Å². The van der Waals surface area contributed by atoms with E-state index in [1.54, 1.807) is 4.68 Å². The average molecular weight is 523 g/mol. The van der Waals surface area contributed by atoms with E-state index in [4.69, 9.17) is 0 Å². The molecule has 3 aromatic rings. The molecule has 0 radical (unpaired) electrons. The van der Waals surface area contributed by atoms with Gasteiger partial charge in [-0.05, 0) is 68.7 Å². The maximum Gasteiger partial charge on any atom is 0.433 e. The average Bonchev–Trinajstić information content (AvgIpc) is 3.59. The summed E-state index contributed by atoms with van der Waals surface area (Å²) in [6.45, 7) is 4.86. The van der Waals surface area contributed by atoms with E-state index in [-0.39, 0.29) is 18.3 Å². The van der Waals surface area contributed by atoms with Crippen molar-refractivity contribution < 1.29 is 18.0 Å². The number of amides is 1. The number of anilines is 1. The number of alkyl halides is 3. The Morgan fingerprint density at radius 3 is 2.33 bits per heavy atom. The zero-order valence-electron chi connectivity index (χ0n) is 20.3. The standard InChI is InChI=1S/C25H29F3N6O.ClH/c1-16-13-21(31-32(16)2)24(35)34(14-17-3-4-17)15-18-8-11-33(12-9-18)23-19-5-6-22(25(26,27)28)30-20(19)7-10-29-23;/h5-7,10,13,17-18H,3-4,8-9,11-12,14-15H2,1-2H3;1H. The third kappa shape index (κ3) is 5.58. The van der Waals surface area contributed by atoms with Crippen LogP contribution < -0.4 is 4.90 Å². The summed E-state index contributed by atoms with van der Waals surface area (Å²) in [5, 5.41) is 5.01. The molecule has 1 saturated carbocycles. The second kappa shape index (κ2) is 10.2. The topological polar surface area (TPSA) is 67.2 Å². The lowest BCUT2D eigenvalue weighted by Gasteiger charge is -2.35. The van der Waals surface area contributed by atoms with Crippen LogP contribution in [0.3, 0.4) is 0 Å². The van der Waals surface area contributed by atoms with Crippen molar-refractivity contribution in [1.29, 1.82) is 0 Å². The Hall–Kier alpha value is -2.88. The van der Waals surface area contributed by atoms with Crippen LogP contribution in [0, 0.1) is 18.8 Å². The summed E-state index contributed by atoms with van der Waals surface area (Å²) in [5.41, 5.74) is 0.837. The molecule has 36 heavy (non-hydrogen) atoms. The van der Waals surface area contributed by atoms with E-state index in [0.29, 0.717) is 40.8 Å². The van der Waals surface area contributed by atoms with Crippen molar-refractivity contribution in [2.24, 2.45) is 18.9 Å². The van der Waals surface area contributed by atoms with Crippen LogP contribution in [0.5, 0.6) is 0 Å². The predicted molar refractivity (Wildman–Crippen MR) is 133 cm³/mol. The zero-order chi connectivity index (χ0) is 24.7. The first-order valence-electron chi connectivity index (χ1n) is 12.1. The van der Waals surface area contributed by atoms with E-state index in [9.17, 15) is 18.0 Å². The molecule has 3 aromatic heterocycles. The molecule has 0 atom stereocenters. The molecule has 0 N–H and O–H groups in total. The van der Waals surface area contributed by atoms with Gasteiger partial charge in [0.15, 0.2) is 5.69 Å². The highest BCUT2D eigenvalue weighted by molar-refractivity contribution is 5.92. The molecular weight excluding hydrogens is 493 g/mol. The van der Waals surface area contributed by atoms with Gasteiger partial charge in [0.25, 0.3) is 5.91 Å². The minimum absolute atomic E-state index is 0. The first kappa shape index (κ1) is 26.2. The fourth-order valence-electron chi connectivity index (χ4n) is 4.77. The molecule has 0 aromatic carbocycles. The maximum absolute atomic E-state index is 13.2. The zero-order valence-corrected chi connectivity index (χ0v) is 21.1. The molecule has 1 saturated heterocycles. The number of hydrogen-bond acceptors (Lipinski definition) is 5. The third-order valence-corrected chi connectivity index (χ3v) is 7.07. The van der Waals surface area contributed by atoms with Crippen LogP contribution in [0.25, 0.3) is 10.9 Å². The van der Waals surface area contributed by atoms with Crippen molar-refractivity contribution in [3.8, 4) is 0 Å². The van der Waals surface area contributed by atoms with Gasteiger partial charge in [-0.1, -0.05) is 0 Å². The van der Waals surface area contributed by atoms with E-state index >= 15 is 0 Å². The Kier molecular flexibility index (Phi) is 7.45. The number of nitrogens with zero attached hydrogens (tertiary/aromatic N) is 6. The number of piperidine rings is 1. The van der Waals surface area contributed by atoms with Crippen molar-refractivity contribution in [3.63, 3.8) is 0 Å². The van der Waals surface area contributed by atoms with Crippen LogP contribution in [-0.4, -0.2) is 56.7 Å². The molecular formula is C25H30ClF3N6O. The Balaban J connectivity index is 0.00000304. The molecule has 0 spiro atoms. The lowest BCUT2D eigenvalue weighted by Crippen LogP contribution is -2.42. The van der Waals surface area contributed by atoms with Gasteiger partial charge < -0.3 is 9.80 Å². The van der Waals surface area contributed by atoms with Gasteiger partial charge >= 0.3 is 6.18 Å². The molecule has 11 heteroatoms. The summed E-state index contributed by atoms with van der Waals surface area (Å²) in [6.07, 6.45) is 1.12. The number of rotatable bonds is 6. The highest BCUT2D eigenvalue weighted by Gasteiger charge is 2.33. The number of halogens is 4. The van der Waals surface area contributed by atoms with E-state index in [1.165, 1.54) is 31.2 Å². The van der Waals surface area contributed by atoms with Gasteiger partial charge in [-0.15, -0.1) is 12.4 Å². The molecule has 194 valence electrons. The summed E-state index contributed by atoms with van der Waals surface area (Å²) < 4.78 is 40.9. The number of aryl methyl sites for hydroxylation is 2. The number of carbonyl (C=O) groups excluding carboxylic acids is 1. The van der Waals surface area contributed by atoms with Gasteiger partial charge in [-0.25, -0.2) is 9.97 Å². The molecule has 0 unspecified atom stereocenters. The largest absolute Gasteiger partial charge is 0.433 e. The first-order valence-corrected chi connectivity index (χ1v) is 12.1. The van der Waals surface area contributed by atoms with Crippen molar-refractivity contribution in [2.75, 3.05) is 31.1 Å². The summed E-state index contributed by atoms with van der Waals surface area (Å²) in [6, 6.07) is 5.84.